The Balaban J connectivity index is 0.000000479. The van der Waals surface area contributed by atoms with Crippen molar-refractivity contribution in [1.29, 1.82) is 0 Å². The molecule has 1 unspecified atom stereocenters. The van der Waals surface area contributed by atoms with Gasteiger partial charge in [0.25, 0.3) is 0 Å². The third-order valence-corrected chi connectivity index (χ3v) is 4.63. The molecule has 0 amide bonds. The normalized spacial score (nSPS) is 12.6. The van der Waals surface area contributed by atoms with Gasteiger partial charge < -0.3 is 5.73 Å². The molecule has 33 heavy (non-hydrogen) atoms. The first-order chi connectivity index (χ1) is 15.4. The van der Waals surface area contributed by atoms with E-state index in [2.05, 4.69) is 5.73 Å². The van der Waals surface area contributed by atoms with Gasteiger partial charge in [-0.05, 0) is 53.4 Å². The lowest BCUT2D eigenvalue weighted by Gasteiger charge is -2.20. The minimum atomic E-state index is -4.64. The van der Waals surface area contributed by atoms with E-state index in [9.17, 15) is 35.1 Å². The molecular formula is C24H21F8N. The lowest BCUT2D eigenvalue weighted by molar-refractivity contribution is -0.138. The van der Waals surface area contributed by atoms with Gasteiger partial charge in [-0.15, -0.1) is 0 Å². The van der Waals surface area contributed by atoms with Gasteiger partial charge in [-0.2, -0.15) is 26.3 Å². The molecule has 2 N–H and O–H groups in total. The van der Waals surface area contributed by atoms with Crippen molar-refractivity contribution in [3.8, 4) is 0 Å². The van der Waals surface area contributed by atoms with Gasteiger partial charge in [0.15, 0.2) is 0 Å². The average Bonchev–Trinajstić information content (AvgIpc) is 2.72. The van der Waals surface area contributed by atoms with Crippen LogP contribution < -0.4 is 5.73 Å². The van der Waals surface area contributed by atoms with Gasteiger partial charge in [-0.3, -0.25) is 0 Å². The van der Waals surface area contributed by atoms with Gasteiger partial charge in [0.05, 0.1) is 12.0 Å². The summed E-state index contributed by atoms with van der Waals surface area (Å²) < 4.78 is 99.3. The highest BCUT2D eigenvalue weighted by atomic mass is 19.4. The van der Waals surface area contributed by atoms with Crippen molar-refractivity contribution in [1.82, 2.24) is 0 Å². The second-order valence-electron chi connectivity index (χ2n) is 7.22. The van der Waals surface area contributed by atoms with Crippen molar-refractivity contribution < 1.29 is 35.1 Å². The van der Waals surface area contributed by atoms with E-state index < -0.39 is 41.9 Å². The van der Waals surface area contributed by atoms with Gasteiger partial charge in [0.1, 0.15) is 11.6 Å². The van der Waals surface area contributed by atoms with Crippen molar-refractivity contribution in [2.75, 3.05) is 6.54 Å². The predicted molar refractivity (Wildman–Crippen MR) is 110 cm³/mol. The monoisotopic (exact) mass is 475 g/mol. The first-order valence-electron chi connectivity index (χ1n) is 9.83. The highest BCUT2D eigenvalue weighted by Crippen LogP contribution is 2.35. The second kappa shape index (κ2) is 11.3. The molecule has 3 rings (SSSR count). The molecule has 0 saturated carbocycles. The van der Waals surface area contributed by atoms with Crippen LogP contribution in [-0.2, 0) is 12.6 Å². The number of rotatable bonds is 5. The van der Waals surface area contributed by atoms with Crippen molar-refractivity contribution in [2.24, 2.45) is 5.73 Å². The molecule has 0 spiro atoms. The highest BCUT2D eigenvalue weighted by molar-refractivity contribution is 5.38. The Bertz CT molecular complexity index is 996. The van der Waals surface area contributed by atoms with Crippen molar-refractivity contribution in [3.63, 3.8) is 0 Å². The van der Waals surface area contributed by atoms with Crippen LogP contribution in [0.15, 0.2) is 72.8 Å². The molecule has 178 valence electrons. The maximum atomic E-state index is 13.9. The molecule has 0 heterocycles. The van der Waals surface area contributed by atoms with E-state index in [0.29, 0.717) is 18.1 Å². The molecule has 3 aromatic carbocycles. The Hall–Kier alpha value is -2.94. The summed E-state index contributed by atoms with van der Waals surface area (Å²) in [5.41, 5.74) is 5.27. The van der Waals surface area contributed by atoms with Crippen LogP contribution >= 0.6 is 0 Å². The van der Waals surface area contributed by atoms with E-state index in [0.717, 1.165) is 17.7 Å². The molecule has 0 radical (unpaired) electrons. The number of nitrogens with two attached hydrogens (primary N) is 1. The fourth-order valence-electron chi connectivity index (χ4n) is 3.11. The number of benzene rings is 3. The summed E-state index contributed by atoms with van der Waals surface area (Å²) in [6.45, 7) is -0.316. The van der Waals surface area contributed by atoms with Crippen LogP contribution in [0.3, 0.4) is 0 Å². The zero-order valence-corrected chi connectivity index (χ0v) is 17.2. The molecule has 1 nitrogen and oxygen atoms in total. The Labute approximate surface area is 185 Å². The fourth-order valence-corrected chi connectivity index (χ4v) is 3.11. The van der Waals surface area contributed by atoms with Gasteiger partial charge in [-0.25, -0.2) is 8.78 Å². The maximum Gasteiger partial charge on any atom is 0.416 e. The molecule has 0 saturated heterocycles. The SMILES string of the molecule is Fc1ccc(C(Cc2ccccc2)c2cc(F)cc(C(F)(F)F)c2)cc1.NCCC(F)(F)F. The van der Waals surface area contributed by atoms with Gasteiger partial charge in [0, 0.05) is 12.5 Å². The van der Waals surface area contributed by atoms with Crippen LogP contribution in [0.5, 0.6) is 0 Å². The summed E-state index contributed by atoms with van der Waals surface area (Å²) in [6, 6.07) is 17.2. The molecule has 9 heteroatoms. The average molecular weight is 475 g/mol. The molecular weight excluding hydrogens is 454 g/mol. The summed E-state index contributed by atoms with van der Waals surface area (Å²) in [4.78, 5) is 0. The van der Waals surface area contributed by atoms with Crippen LogP contribution in [0.2, 0.25) is 0 Å². The first kappa shape index (κ1) is 26.3. The summed E-state index contributed by atoms with van der Waals surface area (Å²) in [7, 11) is 0. The lowest BCUT2D eigenvalue weighted by Crippen LogP contribution is -2.14. The smallest absolute Gasteiger partial charge is 0.330 e. The van der Waals surface area contributed by atoms with Gasteiger partial charge in [0.2, 0.25) is 0 Å². The van der Waals surface area contributed by atoms with Crippen LogP contribution in [0, 0.1) is 11.6 Å². The summed E-state index contributed by atoms with van der Waals surface area (Å²) >= 11 is 0. The largest absolute Gasteiger partial charge is 0.416 e. The lowest BCUT2D eigenvalue weighted by atomic mass is 9.85. The highest BCUT2D eigenvalue weighted by Gasteiger charge is 2.32. The molecule has 1 atom stereocenters. The van der Waals surface area contributed by atoms with E-state index in [1.165, 1.54) is 24.3 Å². The maximum absolute atomic E-state index is 13.9. The van der Waals surface area contributed by atoms with E-state index in [-0.39, 0.29) is 12.1 Å². The Morgan fingerprint density at radius 2 is 1.30 bits per heavy atom. The number of alkyl halides is 6. The summed E-state index contributed by atoms with van der Waals surface area (Å²) in [5, 5.41) is 0. The minimum absolute atomic E-state index is 0.202. The van der Waals surface area contributed by atoms with Crippen LogP contribution in [-0.4, -0.2) is 12.7 Å². The van der Waals surface area contributed by atoms with Crippen LogP contribution in [0.1, 0.15) is 34.6 Å². The Morgan fingerprint density at radius 1 is 0.697 bits per heavy atom. The zero-order valence-electron chi connectivity index (χ0n) is 17.2. The molecule has 3 aromatic rings. The zero-order chi connectivity index (χ0) is 24.6. The third kappa shape index (κ3) is 8.84. The topological polar surface area (TPSA) is 26.0 Å². The number of hydrogen-bond acceptors (Lipinski definition) is 1. The first-order valence-corrected chi connectivity index (χ1v) is 9.83. The molecule has 0 aliphatic rings. The van der Waals surface area contributed by atoms with Crippen molar-refractivity contribution in [2.45, 2.75) is 31.1 Å². The van der Waals surface area contributed by atoms with E-state index >= 15 is 0 Å². The van der Waals surface area contributed by atoms with Crippen LogP contribution in [0.25, 0.3) is 0 Å². The Kier molecular flexibility index (Phi) is 8.99. The fraction of sp³-hybridized carbons (Fsp3) is 0.250. The number of hydrogen-bond donors (Lipinski definition) is 1. The standard InChI is InChI=1S/C21H15F5.C3H6F3N/c22-18-8-6-15(7-9-18)20(10-14-4-2-1-3-5-14)16-11-17(21(24,25)26)13-19(23)12-16;4-3(5,6)1-2-7/h1-9,11-13,20H,10H2;1-2,7H2. The van der Waals surface area contributed by atoms with Crippen LogP contribution in [0.4, 0.5) is 35.1 Å². The minimum Gasteiger partial charge on any atom is -0.330 e. The molecule has 0 fully saturated rings. The van der Waals surface area contributed by atoms with Crippen molar-refractivity contribution >= 4 is 0 Å². The van der Waals surface area contributed by atoms with Gasteiger partial charge >= 0.3 is 12.4 Å². The van der Waals surface area contributed by atoms with E-state index in [4.69, 9.17) is 0 Å². The quantitative estimate of drug-likeness (QED) is 0.387. The van der Waals surface area contributed by atoms with E-state index in [1.54, 1.807) is 0 Å². The molecule has 0 aromatic heterocycles. The molecule has 0 aliphatic heterocycles. The van der Waals surface area contributed by atoms with Gasteiger partial charge in [-0.1, -0.05) is 42.5 Å². The molecule has 0 bridgehead atoms. The number of halogens is 8. The van der Waals surface area contributed by atoms with Crippen molar-refractivity contribution in [3.05, 3.63) is 107 Å². The summed E-state index contributed by atoms with van der Waals surface area (Å²) in [5.74, 6) is -1.92. The van der Waals surface area contributed by atoms with E-state index in [1.807, 2.05) is 30.3 Å². The third-order valence-electron chi connectivity index (χ3n) is 4.63. The summed E-state index contributed by atoms with van der Waals surface area (Å²) in [6.07, 6.45) is -9.23. The second-order valence-corrected chi connectivity index (χ2v) is 7.22. The predicted octanol–water partition coefficient (Wildman–Crippen LogP) is 7.26. The molecule has 0 aliphatic carbocycles. The Morgan fingerprint density at radius 3 is 1.79 bits per heavy atom.